The molecule has 0 aliphatic carbocycles. The van der Waals surface area contributed by atoms with Gasteiger partial charge in [0.1, 0.15) is 28.1 Å². The lowest BCUT2D eigenvalue weighted by atomic mass is 9.91. The lowest BCUT2D eigenvalue weighted by Crippen LogP contribution is -2.40. The molecule has 0 spiro atoms. The molecule has 0 bridgehead atoms. The van der Waals surface area contributed by atoms with E-state index in [1.54, 1.807) is 42.5 Å². The molecule has 5 saturated heterocycles. The Hall–Kier alpha value is -12.5. The molecule has 5 aliphatic rings. The Labute approximate surface area is 842 Å². The van der Waals surface area contributed by atoms with Gasteiger partial charge >= 0.3 is 34.1 Å². The molecule has 10 heterocycles. The Kier molecular flexibility index (Phi) is 33.5. The number of nitrogens with zero attached hydrogens (tertiary/aromatic N) is 5. The van der Waals surface area contributed by atoms with Gasteiger partial charge in [-0.05, 0) is 264 Å². The number of benzene rings is 10. The van der Waals surface area contributed by atoms with Crippen molar-refractivity contribution in [2.24, 2.45) is 29.6 Å². The van der Waals surface area contributed by atoms with Gasteiger partial charge in [-0.15, -0.1) is 0 Å². The Morgan fingerprint density at radius 2 is 0.583 bits per heavy atom. The van der Waals surface area contributed by atoms with Gasteiger partial charge in [-0.3, -0.25) is 0 Å². The number of esters is 1. The number of sulfonamides is 5. The number of aryl methyl sites for hydroxylation is 1. The van der Waals surface area contributed by atoms with E-state index in [0.29, 0.717) is 133 Å². The number of methoxy groups -OCH3 is 2. The first-order valence-corrected chi connectivity index (χ1v) is 55.7. The summed E-state index contributed by atoms with van der Waals surface area (Å²) in [6.45, 7) is 5.77. The van der Waals surface area contributed by atoms with Gasteiger partial charge in [0.25, 0.3) is 0 Å². The third kappa shape index (κ3) is 25.2. The van der Waals surface area contributed by atoms with Crippen LogP contribution in [0, 0.1) is 42.3 Å². The summed E-state index contributed by atoms with van der Waals surface area (Å²) in [5, 5.41) is 2.31. The molecular weight excluding hydrogens is 2010 g/mol. The molecule has 0 amide bonds. The van der Waals surface area contributed by atoms with E-state index in [4.69, 9.17) is 31.6 Å². The largest absolute Gasteiger partial charge is 0.493 e. The Morgan fingerprint density at radius 3 is 0.896 bits per heavy atom. The second kappa shape index (κ2) is 46.2. The standard InChI is InChI=1S/C23H23NO6S.C22H23NO5S.C22H23NO4S.C21H20BrNO4S.C21H20FNO4S/c1-29-22(25)18-7-8-20-19(14-18)15-21(23(26)30-20)31(27,28)24-11-9-17(10-12-24)13-16-5-3-2-4-6-16;1-27-19-9-5-8-18-15-20(22(24)28-21(18)19)29(25,26)23-12-10-17(11-13-23)14-16-6-3-2-4-7-16;1-16-7-8-20-19(13-16)15-21(22(24)27-20)28(25,26)23-11-9-18(10-12-23)14-17-5-3-2-4-6-17;2*22-18-6-7-19-17(13-18)14-20(21(24)27-19)28(25,26)23-10-8-16(9-11-23)12-15-4-2-1-3-5-15/h2-8,14-15,17H,9-13H2,1H3;2-9,15,17H,10-14H2,1H3;2-8,13,15,18H,9-12,14H2,1H3;2*1-7,13-14,16H,8-12H2. The second-order valence-electron chi connectivity index (χ2n) is 36.7. The summed E-state index contributed by atoms with van der Waals surface area (Å²) in [4.78, 5) is 71.9. The van der Waals surface area contributed by atoms with Crippen LogP contribution in [0.3, 0.4) is 0 Å². The molecule has 5 aromatic heterocycles. The molecule has 5 fully saturated rings. The number of carbonyl (C=O) groups excluding carboxylic acids is 1. The van der Waals surface area contributed by atoms with Crippen molar-refractivity contribution in [1.29, 1.82) is 0 Å². The van der Waals surface area contributed by atoms with Gasteiger partial charge in [0.2, 0.25) is 50.1 Å². The maximum atomic E-state index is 13.5. The normalized spacial score (nSPS) is 16.3. The Morgan fingerprint density at radius 1 is 0.312 bits per heavy atom. The fraction of sp³-hybridized carbons (Fsp3) is 0.303. The first-order chi connectivity index (χ1) is 69.2. The van der Waals surface area contributed by atoms with Gasteiger partial charge < -0.3 is 31.6 Å². The van der Waals surface area contributed by atoms with Crippen LogP contribution in [0.15, 0.2) is 348 Å². The minimum atomic E-state index is -4.01. The van der Waals surface area contributed by atoms with Crippen LogP contribution >= 0.6 is 15.9 Å². The summed E-state index contributed by atoms with van der Waals surface area (Å²) in [6, 6.07) is 81.2. The fourth-order valence-electron chi connectivity index (χ4n) is 19.1. The number of para-hydroxylation sites is 1. The summed E-state index contributed by atoms with van der Waals surface area (Å²) in [7, 11) is -16.9. The molecule has 0 unspecified atom stereocenters. The highest BCUT2D eigenvalue weighted by Crippen LogP contribution is 2.36. The summed E-state index contributed by atoms with van der Waals surface area (Å²) in [5.74, 6) is 1.43. The molecule has 28 nitrogen and oxygen atoms in total. The van der Waals surface area contributed by atoms with E-state index in [1.807, 2.05) is 110 Å². The number of hydrogen-bond donors (Lipinski definition) is 0. The highest BCUT2D eigenvalue weighted by atomic mass is 79.9. The predicted octanol–water partition coefficient (Wildman–Crippen LogP) is 18.2. The van der Waals surface area contributed by atoms with Crippen LogP contribution in [-0.2, 0) is 87.0 Å². The molecular formula is C109H109BrFN5O23S5. The highest BCUT2D eigenvalue weighted by Gasteiger charge is 2.39. The van der Waals surface area contributed by atoms with Gasteiger partial charge in [-0.2, -0.15) is 21.5 Å². The molecule has 0 N–H and O–H groups in total. The van der Waals surface area contributed by atoms with Gasteiger partial charge in [-0.1, -0.05) is 191 Å². The first-order valence-electron chi connectivity index (χ1n) is 47.7. The van der Waals surface area contributed by atoms with Crippen molar-refractivity contribution in [3.63, 3.8) is 0 Å². The van der Waals surface area contributed by atoms with Gasteiger partial charge in [0.05, 0.1) is 19.8 Å². The zero-order chi connectivity index (χ0) is 102. The molecule has 20 rings (SSSR count). The Bertz CT molecular complexity index is 7630. The number of ether oxygens (including phenoxy) is 2. The van der Waals surface area contributed by atoms with Crippen LogP contribution < -0.4 is 32.9 Å². The van der Waals surface area contributed by atoms with E-state index in [1.165, 1.54) is 118 Å². The minimum Gasteiger partial charge on any atom is -0.493 e. The quantitative estimate of drug-likeness (QED) is 0.0449. The van der Waals surface area contributed by atoms with E-state index in [2.05, 4.69) is 76.6 Å². The first kappa shape index (κ1) is 104. The average Bonchev–Trinajstić information content (AvgIpc) is 0.783. The van der Waals surface area contributed by atoms with Crippen molar-refractivity contribution in [2.75, 3.05) is 79.7 Å². The maximum Gasteiger partial charge on any atom is 0.356 e. The molecule has 144 heavy (non-hydrogen) atoms. The van der Waals surface area contributed by atoms with Crippen LogP contribution in [-0.4, -0.2) is 149 Å². The topological polar surface area (TPSA) is 373 Å². The van der Waals surface area contributed by atoms with Crippen LogP contribution in [0.25, 0.3) is 54.8 Å². The third-order valence-corrected chi connectivity index (χ3v) is 36.9. The zero-order valence-electron chi connectivity index (χ0n) is 79.5. The number of halogens is 2. The zero-order valence-corrected chi connectivity index (χ0v) is 85.1. The monoisotopic (exact) mass is 2110 g/mol. The van der Waals surface area contributed by atoms with Crippen LogP contribution in [0.2, 0.25) is 0 Å². The molecule has 0 radical (unpaired) electrons. The average molecular weight is 2120 g/mol. The van der Waals surface area contributed by atoms with Crippen molar-refractivity contribution in [3.8, 4) is 5.75 Å². The van der Waals surface area contributed by atoms with E-state index in [9.17, 15) is 75.2 Å². The van der Waals surface area contributed by atoms with Gasteiger partial charge in [0, 0.05) is 96.9 Å². The summed E-state index contributed by atoms with van der Waals surface area (Å²) >= 11 is 3.36. The highest BCUT2D eigenvalue weighted by molar-refractivity contribution is 9.10. The van der Waals surface area contributed by atoms with Crippen molar-refractivity contribution in [1.82, 2.24) is 21.5 Å². The van der Waals surface area contributed by atoms with Crippen LogP contribution in [0.1, 0.15) is 108 Å². The Balaban J connectivity index is 0.000000129. The summed E-state index contributed by atoms with van der Waals surface area (Å²) < 4.78 is 188. The summed E-state index contributed by atoms with van der Waals surface area (Å²) in [6.07, 6.45) is 12.2. The molecule has 752 valence electrons. The van der Waals surface area contributed by atoms with Gasteiger partial charge in [-0.25, -0.2) is 75.2 Å². The molecule has 15 aromatic rings. The second-order valence-corrected chi connectivity index (χ2v) is 47.2. The van der Waals surface area contributed by atoms with Gasteiger partial charge in [0.15, 0.2) is 35.8 Å². The fourth-order valence-corrected chi connectivity index (χ4v) is 27.0. The van der Waals surface area contributed by atoms with E-state index >= 15 is 0 Å². The van der Waals surface area contributed by atoms with Crippen molar-refractivity contribution >= 4 is 127 Å². The van der Waals surface area contributed by atoms with Crippen molar-refractivity contribution in [3.05, 3.63) is 374 Å². The minimum absolute atomic E-state index is 0.159. The van der Waals surface area contributed by atoms with Crippen molar-refractivity contribution in [2.45, 2.75) is 128 Å². The number of fused-ring (bicyclic) bond motifs is 5. The molecule has 0 atom stereocenters. The van der Waals surface area contributed by atoms with E-state index in [0.717, 1.165) is 118 Å². The van der Waals surface area contributed by atoms with Crippen LogP contribution in [0.4, 0.5) is 4.39 Å². The molecule has 35 heteroatoms. The number of piperidine rings is 5. The van der Waals surface area contributed by atoms with E-state index in [-0.39, 0.29) is 42.4 Å². The van der Waals surface area contributed by atoms with Crippen LogP contribution in [0.5, 0.6) is 5.75 Å². The number of rotatable bonds is 22. The third-order valence-electron chi connectivity index (χ3n) is 27.0. The smallest absolute Gasteiger partial charge is 0.356 e. The summed E-state index contributed by atoms with van der Waals surface area (Å²) in [5.41, 5.74) is 4.56. The number of hydrogen-bond acceptors (Lipinski definition) is 23. The molecule has 10 aromatic carbocycles. The maximum absolute atomic E-state index is 13.5. The van der Waals surface area contributed by atoms with E-state index < -0.39 is 99.8 Å². The number of carbonyl (C=O) groups is 1. The molecule has 0 saturated carbocycles. The molecule has 5 aliphatic heterocycles. The predicted molar refractivity (Wildman–Crippen MR) is 551 cm³/mol. The van der Waals surface area contributed by atoms with Crippen molar-refractivity contribution < 1.29 is 82.8 Å². The SMILES string of the molecule is COC(=O)c1ccc2oc(=O)c(S(=O)(=O)N3CCC(Cc4ccccc4)CC3)cc2c1.COc1cccc2cc(S(=O)(=O)N3CCC(Cc4ccccc4)CC3)c(=O)oc12.Cc1ccc2oc(=O)c(S(=O)(=O)N3CCC(Cc4ccccc4)CC3)cc2c1.O=c1oc2ccc(Br)cc2cc1S(=O)(=O)N1CCC(Cc2ccccc2)CC1.O=c1oc2ccc(F)cc2cc1S(=O)(=O)N1CCC(Cc2ccccc2)CC1. The lowest BCUT2D eigenvalue weighted by molar-refractivity contribution is 0.0600. The lowest BCUT2D eigenvalue weighted by Gasteiger charge is -2.31.